The number of anilines is 2. The number of sulfonamides is 1. The maximum atomic E-state index is 12.6. The summed E-state index contributed by atoms with van der Waals surface area (Å²) in [5.41, 5.74) is 0.998. The Bertz CT molecular complexity index is 1130. The average Bonchev–Trinajstić information content (AvgIpc) is 2.64. The summed E-state index contributed by atoms with van der Waals surface area (Å²) in [4.78, 5) is 0.0330. The molecule has 0 saturated heterocycles. The summed E-state index contributed by atoms with van der Waals surface area (Å²) in [6.45, 7) is 0. The third-order valence-corrected chi connectivity index (χ3v) is 5.45. The van der Waals surface area contributed by atoms with Crippen molar-refractivity contribution < 1.29 is 13.2 Å². The van der Waals surface area contributed by atoms with Crippen molar-refractivity contribution in [2.75, 3.05) is 10.6 Å². The van der Waals surface area contributed by atoms with Gasteiger partial charge in [0.25, 0.3) is 10.0 Å². The van der Waals surface area contributed by atoms with Gasteiger partial charge in [0.15, 0.2) is 5.75 Å². The highest BCUT2D eigenvalue weighted by molar-refractivity contribution is 7.90. The average molecular weight is 400 g/mol. The van der Waals surface area contributed by atoms with Crippen molar-refractivity contribution in [3.8, 4) is 11.5 Å². The van der Waals surface area contributed by atoms with Gasteiger partial charge in [0.1, 0.15) is 16.3 Å². The first-order valence-corrected chi connectivity index (χ1v) is 9.84. The molecular formula is C19H14ClN3O3S. The predicted molar refractivity (Wildman–Crippen MR) is 106 cm³/mol. The molecule has 27 heavy (non-hydrogen) atoms. The minimum absolute atomic E-state index is 0.0330. The molecule has 0 fully saturated rings. The predicted octanol–water partition coefficient (Wildman–Crippen LogP) is 4.71. The Morgan fingerprint density at radius 2 is 1.59 bits per heavy atom. The Morgan fingerprint density at radius 3 is 2.37 bits per heavy atom. The second-order valence-electron chi connectivity index (χ2n) is 5.69. The van der Waals surface area contributed by atoms with E-state index in [0.717, 1.165) is 0 Å². The molecule has 0 radical (unpaired) electrons. The van der Waals surface area contributed by atoms with Crippen molar-refractivity contribution in [3.63, 3.8) is 0 Å². The van der Waals surface area contributed by atoms with Crippen LogP contribution in [0.3, 0.4) is 0 Å². The Labute approximate surface area is 161 Å². The molecule has 3 aromatic rings. The molecule has 0 unspecified atom stereocenters. The van der Waals surface area contributed by atoms with Gasteiger partial charge >= 0.3 is 0 Å². The number of guanidine groups is 1. The van der Waals surface area contributed by atoms with Crippen LogP contribution >= 0.6 is 11.6 Å². The van der Waals surface area contributed by atoms with Crippen molar-refractivity contribution in [3.05, 3.63) is 77.8 Å². The Balaban J connectivity index is 1.72. The summed E-state index contributed by atoms with van der Waals surface area (Å²) < 4.78 is 34.9. The zero-order valence-corrected chi connectivity index (χ0v) is 15.5. The fourth-order valence-corrected chi connectivity index (χ4v) is 3.87. The largest absolute Gasteiger partial charge is 0.454 e. The van der Waals surface area contributed by atoms with Gasteiger partial charge in [-0.15, -0.1) is 4.40 Å². The number of fused-ring (bicyclic) bond motifs is 1. The first-order chi connectivity index (χ1) is 13.0. The van der Waals surface area contributed by atoms with E-state index in [1.54, 1.807) is 48.5 Å². The number of hydrogen-bond donors (Lipinski definition) is 2. The van der Waals surface area contributed by atoms with Crippen LogP contribution in [0.5, 0.6) is 11.5 Å². The standard InChI is InChI=1S/C19H14ClN3O3S/c20-14-9-4-5-10-15(14)26-16-11-6-12-17-18(16)22-19(23-27(17,24)25)21-13-7-2-1-3-8-13/h1-12H,(H2,21,22,23). The summed E-state index contributed by atoms with van der Waals surface area (Å²) in [6, 6.07) is 20.8. The summed E-state index contributed by atoms with van der Waals surface area (Å²) in [5, 5.41) is 6.38. The van der Waals surface area contributed by atoms with Gasteiger partial charge in [0.05, 0.1) is 5.02 Å². The van der Waals surface area contributed by atoms with E-state index in [-0.39, 0.29) is 10.9 Å². The van der Waals surface area contributed by atoms with Gasteiger partial charge in [-0.05, 0) is 36.4 Å². The first kappa shape index (κ1) is 17.4. The highest BCUT2D eigenvalue weighted by Crippen LogP contribution is 2.39. The summed E-state index contributed by atoms with van der Waals surface area (Å²) in [5.74, 6) is 0.835. The molecule has 6 nitrogen and oxygen atoms in total. The lowest BCUT2D eigenvalue weighted by molar-refractivity contribution is 0.483. The van der Waals surface area contributed by atoms with E-state index in [2.05, 4.69) is 15.0 Å². The maximum Gasteiger partial charge on any atom is 0.287 e. The third-order valence-electron chi connectivity index (χ3n) is 3.81. The van der Waals surface area contributed by atoms with Crippen LogP contribution in [-0.4, -0.2) is 14.4 Å². The Hall–Kier alpha value is -3.03. The van der Waals surface area contributed by atoms with E-state index < -0.39 is 10.0 Å². The molecule has 2 N–H and O–H groups in total. The summed E-state index contributed by atoms with van der Waals surface area (Å²) in [6.07, 6.45) is 0. The van der Waals surface area contributed by atoms with Gasteiger partial charge in [0.2, 0.25) is 5.96 Å². The molecule has 0 amide bonds. The van der Waals surface area contributed by atoms with Crippen LogP contribution in [0.4, 0.5) is 11.4 Å². The molecular weight excluding hydrogens is 386 g/mol. The molecule has 8 heteroatoms. The molecule has 1 aliphatic rings. The van der Waals surface area contributed by atoms with Crippen molar-refractivity contribution >= 4 is 39.0 Å². The SMILES string of the molecule is O=S1(=O)N=C(Nc2ccccc2)Nc2c(Oc3ccccc3Cl)cccc21. The lowest BCUT2D eigenvalue weighted by atomic mass is 10.2. The van der Waals surface area contributed by atoms with E-state index in [4.69, 9.17) is 16.3 Å². The van der Waals surface area contributed by atoms with Gasteiger partial charge in [0, 0.05) is 5.69 Å². The van der Waals surface area contributed by atoms with Crippen LogP contribution in [-0.2, 0) is 10.0 Å². The topological polar surface area (TPSA) is 79.8 Å². The number of nitrogens with one attached hydrogen (secondary N) is 2. The second-order valence-corrected chi connectivity index (χ2v) is 7.67. The molecule has 4 rings (SSSR count). The molecule has 0 spiro atoms. The second kappa shape index (κ2) is 6.94. The quantitative estimate of drug-likeness (QED) is 0.666. The van der Waals surface area contributed by atoms with Crippen LogP contribution in [0.1, 0.15) is 0 Å². The molecule has 0 aliphatic carbocycles. The zero-order valence-electron chi connectivity index (χ0n) is 13.9. The van der Waals surface area contributed by atoms with E-state index in [1.807, 2.05) is 18.2 Å². The first-order valence-electron chi connectivity index (χ1n) is 8.02. The number of nitrogens with zero attached hydrogens (tertiary/aromatic N) is 1. The van der Waals surface area contributed by atoms with Crippen molar-refractivity contribution in [2.24, 2.45) is 4.40 Å². The monoisotopic (exact) mass is 399 g/mol. The number of hydrogen-bond acceptors (Lipinski definition) is 5. The number of rotatable bonds is 3. The van der Waals surface area contributed by atoms with Crippen molar-refractivity contribution in [1.82, 2.24) is 0 Å². The fraction of sp³-hybridized carbons (Fsp3) is 0. The van der Waals surface area contributed by atoms with Crippen LogP contribution in [0.15, 0.2) is 82.1 Å². The van der Waals surface area contributed by atoms with Crippen LogP contribution in [0, 0.1) is 0 Å². The minimum Gasteiger partial charge on any atom is -0.454 e. The number of benzene rings is 3. The number of ether oxygens (including phenoxy) is 1. The third kappa shape index (κ3) is 3.60. The molecule has 1 aliphatic heterocycles. The fourth-order valence-electron chi connectivity index (χ4n) is 2.60. The molecule has 0 bridgehead atoms. The summed E-state index contributed by atoms with van der Waals surface area (Å²) in [7, 11) is -3.89. The van der Waals surface area contributed by atoms with Gasteiger partial charge < -0.3 is 15.4 Å². The van der Waals surface area contributed by atoms with E-state index in [1.165, 1.54) is 6.07 Å². The highest BCUT2D eigenvalue weighted by Gasteiger charge is 2.28. The lowest BCUT2D eigenvalue weighted by Crippen LogP contribution is -2.28. The van der Waals surface area contributed by atoms with Gasteiger partial charge in [-0.25, -0.2) is 0 Å². The zero-order chi connectivity index (χ0) is 18.9. The molecule has 3 aromatic carbocycles. The normalized spacial score (nSPS) is 14.5. The van der Waals surface area contributed by atoms with Crippen LogP contribution in [0.2, 0.25) is 5.02 Å². The smallest absolute Gasteiger partial charge is 0.287 e. The van der Waals surface area contributed by atoms with E-state index in [9.17, 15) is 8.42 Å². The van der Waals surface area contributed by atoms with Gasteiger partial charge in [-0.3, -0.25) is 0 Å². The van der Waals surface area contributed by atoms with Gasteiger partial charge in [-0.2, -0.15) is 8.42 Å². The summed E-state index contributed by atoms with van der Waals surface area (Å²) >= 11 is 6.15. The molecule has 0 atom stereocenters. The number of halogens is 1. The molecule has 1 heterocycles. The highest BCUT2D eigenvalue weighted by atomic mass is 35.5. The number of para-hydroxylation sites is 3. The maximum absolute atomic E-state index is 12.6. The van der Waals surface area contributed by atoms with Crippen LogP contribution in [0.25, 0.3) is 0 Å². The van der Waals surface area contributed by atoms with E-state index in [0.29, 0.717) is 27.9 Å². The molecule has 0 aromatic heterocycles. The van der Waals surface area contributed by atoms with Crippen LogP contribution < -0.4 is 15.4 Å². The van der Waals surface area contributed by atoms with Crippen molar-refractivity contribution in [2.45, 2.75) is 4.90 Å². The van der Waals surface area contributed by atoms with E-state index >= 15 is 0 Å². The minimum atomic E-state index is -3.89. The lowest BCUT2D eigenvalue weighted by Gasteiger charge is -2.21. The molecule has 136 valence electrons. The Kier molecular flexibility index (Phi) is 4.47. The molecule has 0 saturated carbocycles. The van der Waals surface area contributed by atoms with Gasteiger partial charge in [-0.1, -0.05) is 48.0 Å². The van der Waals surface area contributed by atoms with Crippen molar-refractivity contribution in [1.29, 1.82) is 0 Å². The Morgan fingerprint density at radius 1 is 0.889 bits per heavy atom.